The fraction of sp³-hybridized carbons (Fsp3) is 0.261. The van der Waals surface area contributed by atoms with Gasteiger partial charge >= 0.3 is 6.03 Å². The number of imidazole rings is 1. The molecule has 1 fully saturated rings. The van der Waals surface area contributed by atoms with Crippen molar-refractivity contribution in [3.8, 4) is 11.3 Å². The van der Waals surface area contributed by atoms with Gasteiger partial charge in [0.1, 0.15) is 5.65 Å². The van der Waals surface area contributed by atoms with E-state index in [1.54, 1.807) is 0 Å². The maximum atomic E-state index is 12.8. The highest BCUT2D eigenvalue weighted by Crippen LogP contribution is 2.29. The molecule has 0 radical (unpaired) electrons. The number of rotatable bonds is 3. The predicted octanol–water partition coefficient (Wildman–Crippen LogP) is 4.44. The van der Waals surface area contributed by atoms with Gasteiger partial charge in [0.2, 0.25) is 0 Å². The standard InChI is InChI=1S/C23H24N6O/c1-16-20(13-24-27-16)17-9-11-28(12-10-17)23(30)25-19-7-8-22-26-21(15-29(22)14-19)18-5-3-2-4-6-18/h2-8,13-15,17H,9-12H2,1H3,(H,24,27)(H,25,30). The molecule has 2 amide bonds. The van der Waals surface area contributed by atoms with Crippen LogP contribution in [0.5, 0.6) is 0 Å². The van der Waals surface area contributed by atoms with Crippen molar-refractivity contribution in [2.75, 3.05) is 18.4 Å². The molecule has 5 rings (SSSR count). The van der Waals surface area contributed by atoms with Gasteiger partial charge < -0.3 is 14.6 Å². The SMILES string of the molecule is Cc1[nH]ncc1C1CCN(C(=O)Nc2ccc3nc(-c4ccccc4)cn3c2)CC1. The molecular weight excluding hydrogens is 376 g/mol. The van der Waals surface area contributed by atoms with Gasteiger partial charge in [0, 0.05) is 36.7 Å². The third-order valence-electron chi connectivity index (χ3n) is 5.86. The van der Waals surface area contributed by atoms with Crippen LogP contribution in [0.15, 0.2) is 61.1 Å². The second kappa shape index (κ2) is 7.67. The summed E-state index contributed by atoms with van der Waals surface area (Å²) in [6.45, 7) is 3.54. The minimum absolute atomic E-state index is 0.0555. The van der Waals surface area contributed by atoms with Crippen LogP contribution in [0.25, 0.3) is 16.9 Å². The molecule has 7 heteroatoms. The Balaban J connectivity index is 1.25. The van der Waals surface area contributed by atoms with E-state index in [0.717, 1.165) is 54.2 Å². The fourth-order valence-electron chi connectivity index (χ4n) is 4.18. The molecule has 3 aromatic heterocycles. The van der Waals surface area contributed by atoms with Crippen molar-refractivity contribution in [1.82, 2.24) is 24.5 Å². The smallest absolute Gasteiger partial charge is 0.321 e. The number of nitrogens with one attached hydrogen (secondary N) is 2. The lowest BCUT2D eigenvalue weighted by Crippen LogP contribution is -2.40. The number of urea groups is 1. The Hall–Kier alpha value is -3.61. The summed E-state index contributed by atoms with van der Waals surface area (Å²) in [6.07, 6.45) is 7.72. The summed E-state index contributed by atoms with van der Waals surface area (Å²) < 4.78 is 1.95. The summed E-state index contributed by atoms with van der Waals surface area (Å²) >= 11 is 0. The molecule has 152 valence electrons. The van der Waals surface area contributed by atoms with E-state index in [2.05, 4.69) is 27.4 Å². The summed E-state index contributed by atoms with van der Waals surface area (Å²) in [5.41, 5.74) is 6.00. The number of carbonyl (C=O) groups excluding carboxylic acids is 1. The van der Waals surface area contributed by atoms with Crippen LogP contribution >= 0.6 is 0 Å². The third kappa shape index (κ3) is 3.54. The van der Waals surface area contributed by atoms with E-state index in [0.29, 0.717) is 5.92 Å². The Labute approximate surface area is 174 Å². The zero-order valence-corrected chi connectivity index (χ0v) is 16.9. The number of fused-ring (bicyclic) bond motifs is 1. The van der Waals surface area contributed by atoms with Gasteiger partial charge in [0.25, 0.3) is 0 Å². The lowest BCUT2D eigenvalue weighted by molar-refractivity contribution is 0.194. The number of H-pyrrole nitrogens is 1. The number of nitrogens with zero attached hydrogens (tertiary/aromatic N) is 4. The maximum Gasteiger partial charge on any atom is 0.321 e. The Bertz CT molecular complexity index is 1170. The van der Waals surface area contributed by atoms with E-state index in [1.807, 2.05) is 70.4 Å². The number of aromatic amines is 1. The minimum Gasteiger partial charge on any atom is -0.324 e. The molecular formula is C23H24N6O. The molecule has 0 atom stereocenters. The molecule has 0 saturated carbocycles. The largest absolute Gasteiger partial charge is 0.324 e. The van der Waals surface area contributed by atoms with Gasteiger partial charge in [0.05, 0.1) is 17.6 Å². The number of hydrogen-bond acceptors (Lipinski definition) is 3. The van der Waals surface area contributed by atoms with Gasteiger partial charge in [-0.05, 0) is 43.4 Å². The van der Waals surface area contributed by atoms with Crippen molar-refractivity contribution in [3.63, 3.8) is 0 Å². The molecule has 1 saturated heterocycles. The minimum atomic E-state index is -0.0555. The number of anilines is 1. The van der Waals surface area contributed by atoms with Crippen molar-refractivity contribution >= 4 is 17.4 Å². The number of aromatic nitrogens is 4. The zero-order chi connectivity index (χ0) is 20.5. The molecule has 4 heterocycles. The normalized spacial score (nSPS) is 14.9. The quantitative estimate of drug-likeness (QED) is 0.533. The van der Waals surface area contributed by atoms with Crippen LogP contribution in [0, 0.1) is 6.92 Å². The van der Waals surface area contributed by atoms with Crippen LogP contribution in [-0.2, 0) is 0 Å². The topological polar surface area (TPSA) is 78.3 Å². The number of pyridine rings is 1. The number of likely N-dealkylation sites (tertiary alicyclic amines) is 1. The van der Waals surface area contributed by atoms with E-state index >= 15 is 0 Å². The summed E-state index contributed by atoms with van der Waals surface area (Å²) in [5, 5.41) is 10.2. The summed E-state index contributed by atoms with van der Waals surface area (Å²) in [5.74, 6) is 0.464. The predicted molar refractivity (Wildman–Crippen MR) is 117 cm³/mol. The fourth-order valence-corrected chi connectivity index (χ4v) is 4.18. The van der Waals surface area contributed by atoms with Gasteiger partial charge in [-0.2, -0.15) is 5.10 Å². The first-order valence-electron chi connectivity index (χ1n) is 10.3. The Morgan fingerprint density at radius 3 is 2.63 bits per heavy atom. The highest BCUT2D eigenvalue weighted by Gasteiger charge is 2.25. The van der Waals surface area contributed by atoms with Crippen molar-refractivity contribution in [2.24, 2.45) is 0 Å². The number of piperidine rings is 1. The first-order chi connectivity index (χ1) is 14.7. The average molecular weight is 400 g/mol. The molecule has 2 N–H and O–H groups in total. The van der Waals surface area contributed by atoms with Crippen LogP contribution in [0.3, 0.4) is 0 Å². The number of amides is 2. The molecule has 0 aliphatic carbocycles. The van der Waals surface area contributed by atoms with Crippen molar-refractivity contribution in [1.29, 1.82) is 0 Å². The Kier molecular flexibility index (Phi) is 4.71. The number of hydrogen-bond donors (Lipinski definition) is 2. The lowest BCUT2D eigenvalue weighted by atomic mass is 9.90. The van der Waals surface area contributed by atoms with Gasteiger partial charge in [0.15, 0.2) is 0 Å². The van der Waals surface area contributed by atoms with E-state index in [-0.39, 0.29) is 6.03 Å². The average Bonchev–Trinajstić information content (AvgIpc) is 3.40. The summed E-state index contributed by atoms with van der Waals surface area (Å²) in [6, 6.07) is 13.8. The van der Waals surface area contributed by atoms with Crippen molar-refractivity contribution in [2.45, 2.75) is 25.7 Å². The third-order valence-corrected chi connectivity index (χ3v) is 5.86. The first-order valence-corrected chi connectivity index (χ1v) is 10.3. The van der Waals surface area contributed by atoms with Crippen molar-refractivity contribution < 1.29 is 4.79 Å². The van der Waals surface area contributed by atoms with E-state index < -0.39 is 0 Å². The lowest BCUT2D eigenvalue weighted by Gasteiger charge is -2.32. The molecule has 0 bridgehead atoms. The monoisotopic (exact) mass is 400 g/mol. The zero-order valence-electron chi connectivity index (χ0n) is 16.9. The van der Waals surface area contributed by atoms with Crippen LogP contribution in [0.4, 0.5) is 10.5 Å². The number of carbonyl (C=O) groups is 1. The molecule has 1 aliphatic rings. The van der Waals surface area contributed by atoms with Crippen LogP contribution < -0.4 is 5.32 Å². The van der Waals surface area contributed by atoms with Crippen LogP contribution in [0.2, 0.25) is 0 Å². The molecule has 1 aromatic carbocycles. The first kappa shape index (κ1) is 18.4. The summed E-state index contributed by atoms with van der Waals surface area (Å²) in [7, 11) is 0. The molecule has 0 spiro atoms. The maximum absolute atomic E-state index is 12.8. The highest BCUT2D eigenvalue weighted by atomic mass is 16.2. The van der Waals surface area contributed by atoms with Gasteiger partial charge in [-0.15, -0.1) is 0 Å². The number of aryl methyl sites for hydroxylation is 1. The van der Waals surface area contributed by atoms with Crippen molar-refractivity contribution in [3.05, 3.63) is 72.3 Å². The Morgan fingerprint density at radius 2 is 1.90 bits per heavy atom. The van der Waals surface area contributed by atoms with Gasteiger partial charge in [-0.3, -0.25) is 5.10 Å². The second-order valence-electron chi connectivity index (χ2n) is 7.82. The number of benzene rings is 1. The van der Waals surface area contributed by atoms with Gasteiger partial charge in [-0.1, -0.05) is 30.3 Å². The molecule has 30 heavy (non-hydrogen) atoms. The molecule has 4 aromatic rings. The van der Waals surface area contributed by atoms with E-state index in [1.165, 1.54) is 5.56 Å². The highest BCUT2D eigenvalue weighted by molar-refractivity contribution is 5.89. The molecule has 7 nitrogen and oxygen atoms in total. The summed E-state index contributed by atoms with van der Waals surface area (Å²) in [4.78, 5) is 19.3. The van der Waals surface area contributed by atoms with Crippen LogP contribution in [-0.4, -0.2) is 43.6 Å². The van der Waals surface area contributed by atoms with Crippen LogP contribution in [0.1, 0.15) is 30.0 Å². The van der Waals surface area contributed by atoms with Gasteiger partial charge in [-0.25, -0.2) is 9.78 Å². The van der Waals surface area contributed by atoms with E-state index in [4.69, 9.17) is 0 Å². The second-order valence-corrected chi connectivity index (χ2v) is 7.82. The Morgan fingerprint density at radius 1 is 1.10 bits per heavy atom. The molecule has 0 unspecified atom stereocenters. The van der Waals surface area contributed by atoms with E-state index in [9.17, 15) is 4.79 Å². The molecule has 1 aliphatic heterocycles.